The highest BCUT2D eigenvalue weighted by molar-refractivity contribution is 6.01. The molecule has 0 bridgehead atoms. The highest BCUT2D eigenvalue weighted by Crippen LogP contribution is 2.13. The molecule has 0 aromatic carbocycles. The number of rotatable bonds is 5. The van der Waals surface area contributed by atoms with E-state index in [1.807, 2.05) is 0 Å². The van der Waals surface area contributed by atoms with Gasteiger partial charge < -0.3 is 19.5 Å². The lowest BCUT2D eigenvalue weighted by Crippen LogP contribution is -2.46. The minimum Gasteiger partial charge on any atom is -0.458 e. The van der Waals surface area contributed by atoms with E-state index in [1.165, 1.54) is 17.1 Å². The molecule has 1 heterocycles. The maximum absolute atomic E-state index is 12.7. The Labute approximate surface area is 205 Å². The molecular formula is C23H37N5O7. The van der Waals surface area contributed by atoms with Gasteiger partial charge in [0.05, 0.1) is 0 Å². The quantitative estimate of drug-likeness (QED) is 0.274. The molecule has 1 aromatic rings. The van der Waals surface area contributed by atoms with Gasteiger partial charge >= 0.3 is 18.2 Å². The van der Waals surface area contributed by atoms with Crippen molar-refractivity contribution in [1.82, 2.24) is 20.4 Å². The third-order valence-corrected chi connectivity index (χ3v) is 3.61. The molecule has 0 saturated heterocycles. The summed E-state index contributed by atoms with van der Waals surface area (Å²) in [4.78, 5) is 53.5. The van der Waals surface area contributed by atoms with E-state index in [1.54, 1.807) is 68.4 Å². The molecule has 0 fully saturated rings. The van der Waals surface area contributed by atoms with E-state index in [9.17, 15) is 19.2 Å². The van der Waals surface area contributed by atoms with E-state index in [-0.39, 0.29) is 18.8 Å². The van der Waals surface area contributed by atoms with Crippen LogP contribution in [0.2, 0.25) is 0 Å². The fourth-order valence-electron chi connectivity index (χ4n) is 2.44. The van der Waals surface area contributed by atoms with Gasteiger partial charge in [0.15, 0.2) is 0 Å². The number of alkyl carbamates (subject to hydrolysis) is 1. The Morgan fingerprint density at radius 2 is 1.49 bits per heavy atom. The van der Waals surface area contributed by atoms with E-state index >= 15 is 0 Å². The monoisotopic (exact) mass is 495 g/mol. The van der Waals surface area contributed by atoms with Crippen LogP contribution < -0.4 is 10.6 Å². The lowest BCUT2D eigenvalue weighted by atomic mass is 10.1. The first-order chi connectivity index (χ1) is 15.8. The van der Waals surface area contributed by atoms with Gasteiger partial charge in [-0.05, 0) is 74.8 Å². The van der Waals surface area contributed by atoms with Crippen molar-refractivity contribution in [3.8, 4) is 0 Å². The number of hydrogen-bond donors (Lipinski definition) is 2. The Morgan fingerprint density at radius 1 is 0.914 bits per heavy atom. The van der Waals surface area contributed by atoms with Crippen molar-refractivity contribution in [2.24, 2.45) is 4.99 Å². The molecule has 35 heavy (non-hydrogen) atoms. The van der Waals surface area contributed by atoms with Crippen LogP contribution in [-0.4, -0.2) is 62.6 Å². The summed E-state index contributed by atoms with van der Waals surface area (Å²) in [6, 6.07) is 0.436. The zero-order valence-electron chi connectivity index (χ0n) is 21.9. The number of nitrogens with one attached hydrogen (secondary N) is 2. The Balaban J connectivity index is 2.95. The van der Waals surface area contributed by atoms with Gasteiger partial charge in [-0.2, -0.15) is 5.10 Å². The van der Waals surface area contributed by atoms with Crippen LogP contribution in [-0.2, 0) is 23.8 Å². The normalized spacial score (nSPS) is 13.5. The fourth-order valence-corrected chi connectivity index (χ4v) is 2.44. The van der Waals surface area contributed by atoms with Gasteiger partial charge in [-0.25, -0.2) is 19.1 Å². The number of ether oxygens (including phenoxy) is 3. The summed E-state index contributed by atoms with van der Waals surface area (Å²) in [5.74, 6) is -1.48. The summed E-state index contributed by atoms with van der Waals surface area (Å²) >= 11 is 0. The van der Waals surface area contributed by atoms with Crippen LogP contribution in [0.25, 0.3) is 0 Å². The Morgan fingerprint density at radius 3 is 1.97 bits per heavy atom. The van der Waals surface area contributed by atoms with Crippen LogP contribution in [0.15, 0.2) is 23.5 Å². The number of esters is 1. The number of carbonyl (C=O) groups is 4. The average molecular weight is 496 g/mol. The van der Waals surface area contributed by atoms with Gasteiger partial charge in [-0.1, -0.05) is 0 Å². The summed E-state index contributed by atoms with van der Waals surface area (Å²) in [6.45, 7) is 15.2. The van der Waals surface area contributed by atoms with Crippen LogP contribution in [0.4, 0.5) is 9.59 Å². The van der Waals surface area contributed by atoms with Crippen molar-refractivity contribution in [3.63, 3.8) is 0 Å². The molecular weight excluding hydrogens is 458 g/mol. The first-order valence-electron chi connectivity index (χ1n) is 11.2. The van der Waals surface area contributed by atoms with E-state index in [0.29, 0.717) is 0 Å². The third-order valence-electron chi connectivity index (χ3n) is 3.61. The molecule has 12 nitrogen and oxygen atoms in total. The molecule has 0 spiro atoms. The molecule has 0 aliphatic heterocycles. The molecule has 3 amide bonds. The smallest absolute Gasteiger partial charge is 0.437 e. The SMILES string of the molecule is CC(C)(C)OC(=O)N=C(NC(=O)CC[C@H](NC(=O)OC(C)(C)C)C(=O)OC(C)(C)C)n1cccn1. The molecule has 0 radical (unpaired) electrons. The topological polar surface area (TPSA) is 150 Å². The summed E-state index contributed by atoms with van der Waals surface area (Å²) < 4.78 is 16.9. The highest BCUT2D eigenvalue weighted by atomic mass is 16.6. The van der Waals surface area contributed by atoms with Crippen molar-refractivity contribution in [3.05, 3.63) is 18.5 Å². The maximum Gasteiger partial charge on any atom is 0.437 e. The molecule has 1 aromatic heterocycles. The summed E-state index contributed by atoms with van der Waals surface area (Å²) in [5.41, 5.74) is -2.37. The lowest BCUT2D eigenvalue weighted by molar-refractivity contribution is -0.157. The minimum absolute atomic E-state index is 0.0984. The van der Waals surface area contributed by atoms with Crippen LogP contribution >= 0.6 is 0 Å². The van der Waals surface area contributed by atoms with Crippen LogP contribution in [0, 0.1) is 0 Å². The molecule has 0 saturated carbocycles. The predicted molar refractivity (Wildman–Crippen MR) is 128 cm³/mol. The summed E-state index contributed by atoms with van der Waals surface area (Å²) in [5, 5.41) is 8.91. The van der Waals surface area contributed by atoms with Crippen LogP contribution in [0.1, 0.15) is 75.2 Å². The molecule has 196 valence electrons. The standard InChI is InChI=1S/C23H37N5O7/c1-21(2,3)33-17(30)15(25-19(31)34-22(4,5)6)11-12-16(29)26-18(28-14-10-13-24-28)27-20(32)35-23(7,8)9/h10,13-15H,11-12H2,1-9H3,(H,25,31)(H,26,27,29,32)/t15-/m0/s1. The van der Waals surface area contributed by atoms with E-state index in [4.69, 9.17) is 14.2 Å². The summed E-state index contributed by atoms with van der Waals surface area (Å²) in [7, 11) is 0. The molecule has 0 unspecified atom stereocenters. The van der Waals surface area contributed by atoms with Crippen molar-refractivity contribution in [2.75, 3.05) is 0 Å². The second-order valence-electron chi connectivity index (χ2n) is 10.7. The number of aromatic nitrogens is 2. The van der Waals surface area contributed by atoms with Crippen LogP contribution in [0.3, 0.4) is 0 Å². The summed E-state index contributed by atoms with van der Waals surface area (Å²) in [6.07, 6.45) is 0.878. The van der Waals surface area contributed by atoms with Crippen molar-refractivity contribution in [2.45, 2.75) is 98.0 Å². The number of amides is 3. The largest absolute Gasteiger partial charge is 0.458 e. The zero-order valence-corrected chi connectivity index (χ0v) is 21.9. The zero-order chi connectivity index (χ0) is 27.0. The van der Waals surface area contributed by atoms with Gasteiger partial charge in [0.25, 0.3) is 0 Å². The molecule has 0 aliphatic carbocycles. The fraction of sp³-hybridized carbons (Fsp3) is 0.652. The first-order valence-corrected chi connectivity index (χ1v) is 11.2. The molecule has 12 heteroatoms. The van der Waals surface area contributed by atoms with E-state index in [2.05, 4.69) is 20.7 Å². The second kappa shape index (κ2) is 11.8. The van der Waals surface area contributed by atoms with E-state index in [0.717, 1.165) is 0 Å². The number of nitrogens with zero attached hydrogens (tertiary/aromatic N) is 3. The second-order valence-corrected chi connectivity index (χ2v) is 10.7. The Bertz CT molecular complexity index is 920. The maximum atomic E-state index is 12.7. The van der Waals surface area contributed by atoms with Gasteiger partial charge in [-0.3, -0.25) is 10.1 Å². The Hall–Kier alpha value is -3.44. The molecule has 1 atom stereocenters. The van der Waals surface area contributed by atoms with Gasteiger partial charge in [0.1, 0.15) is 22.8 Å². The van der Waals surface area contributed by atoms with E-state index < -0.39 is 46.9 Å². The third kappa shape index (κ3) is 13.1. The lowest BCUT2D eigenvalue weighted by Gasteiger charge is -2.26. The van der Waals surface area contributed by atoms with Crippen LogP contribution in [0.5, 0.6) is 0 Å². The van der Waals surface area contributed by atoms with Crippen molar-refractivity contribution >= 4 is 30.0 Å². The van der Waals surface area contributed by atoms with Gasteiger partial charge in [0.2, 0.25) is 11.9 Å². The van der Waals surface area contributed by atoms with Crippen molar-refractivity contribution < 1.29 is 33.4 Å². The van der Waals surface area contributed by atoms with Gasteiger partial charge in [0, 0.05) is 18.8 Å². The Kier molecular flexibility index (Phi) is 9.98. The number of hydrogen-bond acceptors (Lipinski definition) is 8. The van der Waals surface area contributed by atoms with Crippen molar-refractivity contribution in [1.29, 1.82) is 0 Å². The molecule has 0 aliphatic rings. The average Bonchev–Trinajstić information content (AvgIpc) is 3.14. The predicted octanol–water partition coefficient (Wildman–Crippen LogP) is 3.15. The minimum atomic E-state index is -1.15. The number of aliphatic imine (C=N–C) groups is 1. The first kappa shape index (κ1) is 29.6. The molecule has 2 N–H and O–H groups in total. The highest BCUT2D eigenvalue weighted by Gasteiger charge is 2.29. The van der Waals surface area contributed by atoms with Gasteiger partial charge in [-0.15, -0.1) is 4.99 Å². The number of carbonyl (C=O) groups excluding carboxylic acids is 4. The molecule has 1 rings (SSSR count).